The molecule has 16 heavy (non-hydrogen) atoms. The summed E-state index contributed by atoms with van der Waals surface area (Å²) in [6.45, 7) is 9.19. The van der Waals surface area contributed by atoms with Crippen LogP contribution in [0.25, 0.3) is 0 Å². The zero-order valence-electron chi connectivity index (χ0n) is 10.7. The molecular formula is C14H23NO. The highest BCUT2D eigenvalue weighted by molar-refractivity contribution is 5.36. The van der Waals surface area contributed by atoms with Gasteiger partial charge in [0.05, 0.1) is 6.10 Å². The third-order valence-electron chi connectivity index (χ3n) is 3.00. The largest absolute Gasteiger partial charge is 0.491 e. The van der Waals surface area contributed by atoms with Crippen molar-refractivity contribution in [3.63, 3.8) is 0 Å². The van der Waals surface area contributed by atoms with Gasteiger partial charge in [-0.25, -0.2) is 0 Å². The van der Waals surface area contributed by atoms with Crippen molar-refractivity contribution in [3.8, 4) is 5.75 Å². The molecule has 0 aliphatic heterocycles. The van der Waals surface area contributed by atoms with E-state index in [9.17, 15) is 0 Å². The third-order valence-corrected chi connectivity index (χ3v) is 3.00. The molecule has 0 saturated carbocycles. The molecule has 2 N–H and O–H groups in total. The zero-order valence-corrected chi connectivity index (χ0v) is 10.7. The van der Waals surface area contributed by atoms with Crippen LogP contribution in [-0.4, -0.2) is 12.6 Å². The summed E-state index contributed by atoms with van der Waals surface area (Å²) in [5.41, 5.74) is 6.98. The van der Waals surface area contributed by atoms with E-state index < -0.39 is 0 Å². The van der Waals surface area contributed by atoms with Crippen LogP contribution >= 0.6 is 0 Å². The van der Waals surface area contributed by atoms with Crippen molar-refractivity contribution in [2.45, 2.75) is 39.7 Å². The Morgan fingerprint density at radius 3 is 2.31 bits per heavy atom. The van der Waals surface area contributed by atoms with E-state index in [4.69, 9.17) is 10.5 Å². The summed E-state index contributed by atoms with van der Waals surface area (Å²) in [5, 5.41) is 0. The number of para-hydroxylation sites is 1. The lowest BCUT2D eigenvalue weighted by Crippen LogP contribution is -2.18. The highest BCUT2D eigenvalue weighted by Crippen LogP contribution is 2.31. The standard InChI is InChI=1S/C14H23NO/c1-10(2)16-14-8-6-5-7-13(14)12(4)11(3)9-15/h5-8,10-12H,9,15H2,1-4H3. The molecule has 90 valence electrons. The number of rotatable bonds is 5. The fourth-order valence-corrected chi connectivity index (χ4v) is 1.73. The van der Waals surface area contributed by atoms with E-state index in [1.54, 1.807) is 0 Å². The molecular weight excluding hydrogens is 198 g/mol. The average molecular weight is 221 g/mol. The first kappa shape index (κ1) is 13.0. The molecule has 1 aromatic carbocycles. The van der Waals surface area contributed by atoms with Gasteiger partial charge in [0.2, 0.25) is 0 Å². The summed E-state index contributed by atoms with van der Waals surface area (Å²) in [6, 6.07) is 8.24. The first-order chi connectivity index (χ1) is 7.56. The van der Waals surface area contributed by atoms with Crippen molar-refractivity contribution in [2.24, 2.45) is 11.7 Å². The molecule has 0 amide bonds. The number of nitrogens with two attached hydrogens (primary N) is 1. The Hall–Kier alpha value is -1.02. The van der Waals surface area contributed by atoms with E-state index in [-0.39, 0.29) is 6.10 Å². The SMILES string of the molecule is CC(C)Oc1ccccc1C(C)C(C)CN. The highest BCUT2D eigenvalue weighted by atomic mass is 16.5. The van der Waals surface area contributed by atoms with Crippen LogP contribution in [-0.2, 0) is 0 Å². The van der Waals surface area contributed by atoms with E-state index in [2.05, 4.69) is 26.0 Å². The predicted molar refractivity (Wildman–Crippen MR) is 68.8 cm³/mol. The van der Waals surface area contributed by atoms with E-state index in [0.717, 1.165) is 5.75 Å². The Morgan fingerprint density at radius 1 is 1.12 bits per heavy atom. The lowest BCUT2D eigenvalue weighted by molar-refractivity contribution is 0.237. The molecule has 2 unspecified atom stereocenters. The van der Waals surface area contributed by atoms with Crippen LogP contribution in [0.3, 0.4) is 0 Å². The van der Waals surface area contributed by atoms with Crippen molar-refractivity contribution < 1.29 is 4.74 Å². The van der Waals surface area contributed by atoms with E-state index in [1.807, 2.05) is 26.0 Å². The lowest BCUT2D eigenvalue weighted by atomic mass is 9.88. The second-order valence-corrected chi connectivity index (χ2v) is 4.71. The van der Waals surface area contributed by atoms with Gasteiger partial charge in [-0.2, -0.15) is 0 Å². The van der Waals surface area contributed by atoms with Crippen molar-refractivity contribution in [1.29, 1.82) is 0 Å². The molecule has 1 rings (SSSR count). The highest BCUT2D eigenvalue weighted by Gasteiger charge is 2.17. The monoisotopic (exact) mass is 221 g/mol. The van der Waals surface area contributed by atoms with Crippen LogP contribution in [0.1, 0.15) is 39.2 Å². The van der Waals surface area contributed by atoms with Crippen molar-refractivity contribution >= 4 is 0 Å². The van der Waals surface area contributed by atoms with Crippen molar-refractivity contribution in [1.82, 2.24) is 0 Å². The maximum atomic E-state index is 5.82. The summed E-state index contributed by atoms with van der Waals surface area (Å²) in [5.74, 6) is 1.89. The maximum Gasteiger partial charge on any atom is 0.123 e. The Kier molecular flexibility index (Phi) is 4.81. The molecule has 1 aromatic rings. The van der Waals surface area contributed by atoms with Crippen molar-refractivity contribution in [3.05, 3.63) is 29.8 Å². The van der Waals surface area contributed by atoms with E-state index in [1.165, 1.54) is 5.56 Å². The zero-order chi connectivity index (χ0) is 12.1. The van der Waals surface area contributed by atoms with Gasteiger partial charge >= 0.3 is 0 Å². The van der Waals surface area contributed by atoms with Crippen LogP contribution in [0.15, 0.2) is 24.3 Å². The minimum absolute atomic E-state index is 0.210. The van der Waals surface area contributed by atoms with Crippen LogP contribution in [0.5, 0.6) is 5.75 Å². The summed E-state index contributed by atoms with van der Waals surface area (Å²) >= 11 is 0. The molecule has 0 saturated heterocycles. The summed E-state index contributed by atoms with van der Waals surface area (Å²) in [4.78, 5) is 0. The van der Waals surface area contributed by atoms with Crippen LogP contribution in [0, 0.1) is 5.92 Å². The van der Waals surface area contributed by atoms with Gasteiger partial charge < -0.3 is 10.5 Å². The van der Waals surface area contributed by atoms with Gasteiger partial charge in [0.15, 0.2) is 0 Å². The van der Waals surface area contributed by atoms with Gasteiger partial charge in [-0.15, -0.1) is 0 Å². The Bertz CT molecular complexity index is 322. The Labute approximate surface area is 98.8 Å². The molecule has 2 nitrogen and oxygen atoms in total. The summed E-state index contributed by atoms with van der Waals surface area (Å²) in [7, 11) is 0. The molecule has 0 spiro atoms. The number of hydrogen-bond donors (Lipinski definition) is 1. The minimum atomic E-state index is 0.210. The normalized spacial score (nSPS) is 14.9. The fourth-order valence-electron chi connectivity index (χ4n) is 1.73. The Morgan fingerprint density at radius 2 is 1.75 bits per heavy atom. The van der Waals surface area contributed by atoms with Crippen LogP contribution < -0.4 is 10.5 Å². The predicted octanol–water partition coefficient (Wildman–Crippen LogP) is 3.17. The lowest BCUT2D eigenvalue weighted by Gasteiger charge is -2.22. The van der Waals surface area contributed by atoms with Crippen LogP contribution in [0.4, 0.5) is 0 Å². The van der Waals surface area contributed by atoms with E-state index >= 15 is 0 Å². The number of ether oxygens (including phenoxy) is 1. The topological polar surface area (TPSA) is 35.2 Å². The van der Waals surface area contributed by atoms with E-state index in [0.29, 0.717) is 18.4 Å². The second kappa shape index (κ2) is 5.90. The molecule has 0 aliphatic carbocycles. The Balaban J connectivity index is 2.93. The molecule has 0 bridgehead atoms. The summed E-state index contributed by atoms with van der Waals surface area (Å²) < 4.78 is 5.82. The quantitative estimate of drug-likeness (QED) is 0.829. The van der Waals surface area contributed by atoms with Gasteiger partial charge in [-0.1, -0.05) is 32.0 Å². The van der Waals surface area contributed by atoms with Gasteiger partial charge in [0.1, 0.15) is 5.75 Å². The first-order valence-electron chi connectivity index (χ1n) is 6.02. The van der Waals surface area contributed by atoms with Gasteiger partial charge in [0.25, 0.3) is 0 Å². The molecule has 0 fully saturated rings. The maximum absolute atomic E-state index is 5.82. The number of benzene rings is 1. The second-order valence-electron chi connectivity index (χ2n) is 4.71. The van der Waals surface area contributed by atoms with Gasteiger partial charge in [0, 0.05) is 0 Å². The molecule has 2 atom stereocenters. The van der Waals surface area contributed by atoms with Gasteiger partial charge in [-0.3, -0.25) is 0 Å². The molecule has 0 radical (unpaired) electrons. The molecule has 0 aromatic heterocycles. The number of hydrogen-bond acceptors (Lipinski definition) is 2. The average Bonchev–Trinajstić information content (AvgIpc) is 2.27. The molecule has 0 heterocycles. The van der Waals surface area contributed by atoms with Crippen molar-refractivity contribution in [2.75, 3.05) is 6.54 Å². The van der Waals surface area contributed by atoms with Crippen LogP contribution in [0.2, 0.25) is 0 Å². The third kappa shape index (κ3) is 3.24. The molecule has 2 heteroatoms. The van der Waals surface area contributed by atoms with Gasteiger partial charge in [-0.05, 0) is 43.9 Å². The summed E-state index contributed by atoms with van der Waals surface area (Å²) in [6.07, 6.45) is 0.210. The first-order valence-corrected chi connectivity index (χ1v) is 6.02. The molecule has 0 aliphatic rings. The smallest absolute Gasteiger partial charge is 0.123 e. The fraction of sp³-hybridized carbons (Fsp3) is 0.571. The minimum Gasteiger partial charge on any atom is -0.491 e.